The van der Waals surface area contributed by atoms with Crippen molar-refractivity contribution in [3.8, 4) is 0 Å². The molecular weight excluding hydrogens is 246 g/mol. The van der Waals surface area contributed by atoms with E-state index in [0.717, 1.165) is 6.54 Å². The molecule has 0 aliphatic rings. The third kappa shape index (κ3) is 17.9. The van der Waals surface area contributed by atoms with Crippen LogP contribution in [0.1, 0.15) is 71.6 Å². The van der Waals surface area contributed by atoms with Crippen LogP contribution in [0.5, 0.6) is 0 Å². The molecule has 0 rings (SSSR count). The van der Waals surface area contributed by atoms with Gasteiger partial charge in [0.25, 0.3) is 0 Å². The predicted molar refractivity (Wildman–Crippen MR) is 91.5 cm³/mol. The first-order chi connectivity index (χ1) is 9.91. The maximum Gasteiger partial charge on any atom is -0.00484 e. The highest BCUT2D eigenvalue weighted by atomic mass is 14.9. The molecule has 0 unspecified atom stereocenters. The van der Waals surface area contributed by atoms with Crippen molar-refractivity contribution in [2.75, 3.05) is 39.3 Å². The van der Waals surface area contributed by atoms with Gasteiger partial charge in [0.05, 0.1) is 0 Å². The van der Waals surface area contributed by atoms with Crippen LogP contribution in [0.3, 0.4) is 0 Å². The van der Waals surface area contributed by atoms with Gasteiger partial charge in [-0.25, -0.2) is 0 Å². The van der Waals surface area contributed by atoms with Gasteiger partial charge in [-0.2, -0.15) is 0 Å². The van der Waals surface area contributed by atoms with Gasteiger partial charge in [-0.15, -0.1) is 0 Å². The Balaban J connectivity index is 2.89. The normalized spacial score (nSPS) is 11.1. The molecule has 20 heavy (non-hydrogen) atoms. The Morgan fingerprint density at radius 2 is 0.850 bits per heavy atom. The Kier molecular flexibility index (Phi) is 18.8. The van der Waals surface area contributed by atoms with Crippen molar-refractivity contribution in [3.05, 3.63) is 0 Å². The molecule has 0 bridgehead atoms. The standard InChI is InChI=1S/C17H39N3/c1-3-5-13-19-15-9-7-6-8-10-16-20-17-12-11-14-18-4-2/h18-20H,3-17H2,1-2H3. The molecule has 0 aromatic heterocycles. The molecule has 3 nitrogen and oxygen atoms in total. The summed E-state index contributed by atoms with van der Waals surface area (Å²) in [7, 11) is 0. The van der Waals surface area contributed by atoms with Crippen molar-refractivity contribution >= 4 is 0 Å². The van der Waals surface area contributed by atoms with Gasteiger partial charge in [0, 0.05) is 0 Å². The largest absolute Gasteiger partial charge is 0.317 e. The first-order valence-electron chi connectivity index (χ1n) is 9.04. The maximum atomic E-state index is 3.55. The SMILES string of the molecule is CCCCNCCCCCCCNCCCCNCC. The Morgan fingerprint density at radius 1 is 0.450 bits per heavy atom. The molecule has 0 heterocycles. The third-order valence-corrected chi connectivity index (χ3v) is 3.62. The zero-order valence-corrected chi connectivity index (χ0v) is 14.1. The fourth-order valence-corrected chi connectivity index (χ4v) is 2.26. The van der Waals surface area contributed by atoms with Crippen LogP contribution in [-0.2, 0) is 0 Å². The molecular formula is C17H39N3. The van der Waals surface area contributed by atoms with Crippen LogP contribution in [0.15, 0.2) is 0 Å². The second-order valence-corrected chi connectivity index (χ2v) is 5.68. The van der Waals surface area contributed by atoms with E-state index >= 15 is 0 Å². The van der Waals surface area contributed by atoms with Gasteiger partial charge in [0.15, 0.2) is 0 Å². The van der Waals surface area contributed by atoms with Gasteiger partial charge in [-0.3, -0.25) is 0 Å². The van der Waals surface area contributed by atoms with E-state index in [1.807, 2.05) is 0 Å². The summed E-state index contributed by atoms with van der Waals surface area (Å²) in [4.78, 5) is 0. The first-order valence-corrected chi connectivity index (χ1v) is 9.04. The van der Waals surface area contributed by atoms with Crippen molar-refractivity contribution in [2.24, 2.45) is 0 Å². The van der Waals surface area contributed by atoms with Gasteiger partial charge >= 0.3 is 0 Å². The van der Waals surface area contributed by atoms with Gasteiger partial charge in [0.1, 0.15) is 0 Å². The summed E-state index contributed by atoms with van der Waals surface area (Å²) in [6.45, 7) is 11.5. The number of nitrogens with one attached hydrogen (secondary N) is 3. The summed E-state index contributed by atoms with van der Waals surface area (Å²) < 4.78 is 0. The average molecular weight is 286 g/mol. The first kappa shape index (κ1) is 19.9. The minimum Gasteiger partial charge on any atom is -0.317 e. The van der Waals surface area contributed by atoms with E-state index in [1.165, 1.54) is 90.5 Å². The lowest BCUT2D eigenvalue weighted by Gasteiger charge is -2.06. The molecule has 0 aliphatic carbocycles. The summed E-state index contributed by atoms with van der Waals surface area (Å²) in [6.07, 6.45) is 12.1. The Labute approximate surface area is 127 Å². The Hall–Kier alpha value is -0.120. The molecule has 0 aromatic carbocycles. The van der Waals surface area contributed by atoms with Crippen LogP contribution >= 0.6 is 0 Å². The predicted octanol–water partition coefficient (Wildman–Crippen LogP) is 3.31. The number of hydrogen-bond acceptors (Lipinski definition) is 3. The van der Waals surface area contributed by atoms with Gasteiger partial charge in [-0.1, -0.05) is 39.5 Å². The summed E-state index contributed by atoms with van der Waals surface area (Å²) in [5.74, 6) is 0. The van der Waals surface area contributed by atoms with Crippen molar-refractivity contribution in [3.63, 3.8) is 0 Å². The van der Waals surface area contributed by atoms with E-state index < -0.39 is 0 Å². The van der Waals surface area contributed by atoms with E-state index in [0.29, 0.717) is 0 Å². The maximum absolute atomic E-state index is 3.55. The molecule has 0 saturated carbocycles. The number of rotatable bonds is 17. The number of unbranched alkanes of at least 4 members (excludes halogenated alkanes) is 6. The second kappa shape index (κ2) is 18.9. The lowest BCUT2D eigenvalue weighted by atomic mass is 10.1. The molecule has 0 fully saturated rings. The Morgan fingerprint density at radius 3 is 1.35 bits per heavy atom. The van der Waals surface area contributed by atoms with Crippen LogP contribution < -0.4 is 16.0 Å². The quantitative estimate of drug-likeness (QED) is 0.359. The Bertz CT molecular complexity index is 144. The number of hydrogen-bond donors (Lipinski definition) is 3. The molecule has 3 N–H and O–H groups in total. The second-order valence-electron chi connectivity index (χ2n) is 5.68. The van der Waals surface area contributed by atoms with Crippen LogP contribution in [0.25, 0.3) is 0 Å². The zero-order chi connectivity index (χ0) is 14.7. The molecule has 122 valence electrons. The van der Waals surface area contributed by atoms with E-state index in [9.17, 15) is 0 Å². The minimum atomic E-state index is 1.10. The monoisotopic (exact) mass is 285 g/mol. The highest BCUT2D eigenvalue weighted by Gasteiger charge is 1.92. The summed E-state index contributed by atoms with van der Waals surface area (Å²) in [6, 6.07) is 0. The van der Waals surface area contributed by atoms with Gasteiger partial charge in [-0.05, 0) is 71.4 Å². The lowest BCUT2D eigenvalue weighted by molar-refractivity contribution is 0.540. The molecule has 0 aliphatic heterocycles. The van der Waals surface area contributed by atoms with Crippen LogP contribution in [0, 0.1) is 0 Å². The van der Waals surface area contributed by atoms with Crippen LogP contribution in [0.4, 0.5) is 0 Å². The van der Waals surface area contributed by atoms with Crippen LogP contribution in [-0.4, -0.2) is 39.3 Å². The molecule has 0 aromatic rings. The fourth-order valence-electron chi connectivity index (χ4n) is 2.26. The third-order valence-electron chi connectivity index (χ3n) is 3.62. The van der Waals surface area contributed by atoms with Crippen molar-refractivity contribution in [1.82, 2.24) is 16.0 Å². The highest BCUT2D eigenvalue weighted by Crippen LogP contribution is 2.01. The topological polar surface area (TPSA) is 36.1 Å². The van der Waals surface area contributed by atoms with E-state index in [4.69, 9.17) is 0 Å². The summed E-state index contributed by atoms with van der Waals surface area (Å²) in [5, 5.41) is 10.4. The van der Waals surface area contributed by atoms with E-state index in [2.05, 4.69) is 29.8 Å². The molecule has 0 amide bonds. The van der Waals surface area contributed by atoms with Gasteiger partial charge in [0.2, 0.25) is 0 Å². The van der Waals surface area contributed by atoms with Crippen molar-refractivity contribution in [1.29, 1.82) is 0 Å². The molecule has 0 radical (unpaired) electrons. The van der Waals surface area contributed by atoms with Crippen molar-refractivity contribution < 1.29 is 0 Å². The molecule has 0 atom stereocenters. The smallest absolute Gasteiger partial charge is 0.00484 e. The zero-order valence-electron chi connectivity index (χ0n) is 14.1. The summed E-state index contributed by atoms with van der Waals surface area (Å²) >= 11 is 0. The van der Waals surface area contributed by atoms with E-state index in [-0.39, 0.29) is 0 Å². The van der Waals surface area contributed by atoms with E-state index in [1.54, 1.807) is 0 Å². The fraction of sp³-hybridized carbons (Fsp3) is 1.00. The summed E-state index contributed by atoms with van der Waals surface area (Å²) in [5.41, 5.74) is 0. The molecule has 0 saturated heterocycles. The lowest BCUT2D eigenvalue weighted by Crippen LogP contribution is -2.19. The van der Waals surface area contributed by atoms with Crippen molar-refractivity contribution in [2.45, 2.75) is 71.6 Å². The minimum absolute atomic E-state index is 1.10. The molecule has 3 heteroatoms. The van der Waals surface area contributed by atoms with Gasteiger partial charge < -0.3 is 16.0 Å². The highest BCUT2D eigenvalue weighted by molar-refractivity contribution is 4.53. The molecule has 0 spiro atoms. The average Bonchev–Trinajstić information content (AvgIpc) is 2.47. The van der Waals surface area contributed by atoms with Crippen LogP contribution in [0.2, 0.25) is 0 Å².